The third-order valence-electron chi connectivity index (χ3n) is 5.22. The Bertz CT molecular complexity index is 804. The number of aliphatic hydroxyl groups is 1. The SMILES string of the molecule is CCN(CC)Cc1c(CC(O)c2ccc3c(c2)OCO3)ccc(OC)c1OC. The number of hydrogen-bond acceptors (Lipinski definition) is 6. The fourth-order valence-corrected chi connectivity index (χ4v) is 3.51. The minimum absolute atomic E-state index is 0.221. The molecule has 0 saturated carbocycles. The van der Waals surface area contributed by atoms with E-state index in [0.717, 1.165) is 42.1 Å². The van der Waals surface area contributed by atoms with Crippen molar-refractivity contribution in [3.8, 4) is 23.0 Å². The average Bonchev–Trinajstić information content (AvgIpc) is 3.20. The predicted molar refractivity (Wildman–Crippen MR) is 107 cm³/mol. The van der Waals surface area contributed by atoms with Gasteiger partial charge in [-0.1, -0.05) is 26.0 Å². The van der Waals surface area contributed by atoms with Gasteiger partial charge in [-0.25, -0.2) is 0 Å². The van der Waals surface area contributed by atoms with E-state index in [1.54, 1.807) is 14.2 Å². The molecule has 0 fully saturated rings. The van der Waals surface area contributed by atoms with E-state index in [4.69, 9.17) is 18.9 Å². The van der Waals surface area contributed by atoms with Crippen LogP contribution < -0.4 is 18.9 Å². The van der Waals surface area contributed by atoms with E-state index in [0.29, 0.717) is 23.7 Å². The third kappa shape index (κ3) is 4.18. The molecule has 6 heteroatoms. The first-order chi connectivity index (χ1) is 13.6. The van der Waals surface area contributed by atoms with E-state index in [2.05, 4.69) is 18.7 Å². The molecule has 0 bridgehead atoms. The van der Waals surface area contributed by atoms with Gasteiger partial charge in [0.1, 0.15) is 0 Å². The molecule has 1 N–H and O–H groups in total. The predicted octanol–water partition coefficient (Wildman–Crippen LogP) is 3.55. The Kier molecular flexibility index (Phi) is 6.65. The molecular weight excluding hydrogens is 358 g/mol. The van der Waals surface area contributed by atoms with Gasteiger partial charge in [0.25, 0.3) is 0 Å². The van der Waals surface area contributed by atoms with Gasteiger partial charge < -0.3 is 24.1 Å². The lowest BCUT2D eigenvalue weighted by atomic mass is 9.96. The van der Waals surface area contributed by atoms with Crippen molar-refractivity contribution in [3.63, 3.8) is 0 Å². The molecule has 1 aliphatic heterocycles. The van der Waals surface area contributed by atoms with Crippen LogP contribution in [0.4, 0.5) is 0 Å². The van der Waals surface area contributed by atoms with Crippen LogP contribution in [-0.2, 0) is 13.0 Å². The molecule has 2 aromatic rings. The van der Waals surface area contributed by atoms with Crippen molar-refractivity contribution in [1.82, 2.24) is 4.90 Å². The van der Waals surface area contributed by atoms with E-state index in [1.807, 2.05) is 30.3 Å². The number of nitrogens with zero attached hydrogens (tertiary/aromatic N) is 1. The Morgan fingerprint density at radius 3 is 2.46 bits per heavy atom. The monoisotopic (exact) mass is 387 g/mol. The van der Waals surface area contributed by atoms with Gasteiger partial charge in [-0.05, 0) is 42.4 Å². The van der Waals surface area contributed by atoms with Gasteiger partial charge in [0.15, 0.2) is 23.0 Å². The third-order valence-corrected chi connectivity index (χ3v) is 5.22. The van der Waals surface area contributed by atoms with Crippen LogP contribution in [0.25, 0.3) is 0 Å². The number of rotatable bonds is 9. The molecule has 0 amide bonds. The second-order valence-corrected chi connectivity index (χ2v) is 6.73. The molecule has 28 heavy (non-hydrogen) atoms. The highest BCUT2D eigenvalue weighted by atomic mass is 16.7. The van der Waals surface area contributed by atoms with Crippen LogP contribution in [0.1, 0.15) is 36.6 Å². The largest absolute Gasteiger partial charge is 0.493 e. The molecular formula is C22H29NO5. The van der Waals surface area contributed by atoms with Gasteiger partial charge in [0.2, 0.25) is 6.79 Å². The highest BCUT2D eigenvalue weighted by molar-refractivity contribution is 5.52. The van der Waals surface area contributed by atoms with E-state index in [-0.39, 0.29) is 6.79 Å². The van der Waals surface area contributed by atoms with Crippen molar-refractivity contribution in [2.75, 3.05) is 34.1 Å². The Morgan fingerprint density at radius 2 is 1.79 bits per heavy atom. The van der Waals surface area contributed by atoms with Gasteiger partial charge in [-0.3, -0.25) is 4.90 Å². The Labute approximate surface area is 166 Å². The maximum Gasteiger partial charge on any atom is 0.231 e. The minimum Gasteiger partial charge on any atom is -0.493 e. The van der Waals surface area contributed by atoms with Crippen molar-refractivity contribution in [3.05, 3.63) is 47.0 Å². The van der Waals surface area contributed by atoms with Crippen LogP contribution in [0.2, 0.25) is 0 Å². The molecule has 0 spiro atoms. The number of ether oxygens (including phenoxy) is 4. The maximum absolute atomic E-state index is 10.9. The van der Waals surface area contributed by atoms with Crippen LogP contribution in [0.3, 0.4) is 0 Å². The van der Waals surface area contributed by atoms with Crippen molar-refractivity contribution in [2.45, 2.75) is 32.9 Å². The summed E-state index contributed by atoms with van der Waals surface area (Å²) in [5.74, 6) is 2.81. The van der Waals surface area contributed by atoms with Crippen LogP contribution in [-0.4, -0.2) is 44.1 Å². The maximum atomic E-state index is 10.9. The van der Waals surface area contributed by atoms with Crippen molar-refractivity contribution >= 4 is 0 Å². The fourth-order valence-electron chi connectivity index (χ4n) is 3.51. The normalized spacial score (nSPS) is 13.6. The van der Waals surface area contributed by atoms with E-state index < -0.39 is 6.10 Å². The van der Waals surface area contributed by atoms with E-state index in [9.17, 15) is 5.11 Å². The van der Waals surface area contributed by atoms with Gasteiger partial charge in [-0.2, -0.15) is 0 Å². The lowest BCUT2D eigenvalue weighted by molar-refractivity contribution is 0.171. The minimum atomic E-state index is -0.664. The van der Waals surface area contributed by atoms with Crippen molar-refractivity contribution < 1.29 is 24.1 Å². The Morgan fingerprint density at radius 1 is 1.04 bits per heavy atom. The molecule has 152 valence electrons. The zero-order valence-corrected chi connectivity index (χ0v) is 17.0. The number of fused-ring (bicyclic) bond motifs is 1. The van der Waals surface area contributed by atoms with Crippen LogP contribution >= 0.6 is 0 Å². The molecule has 0 radical (unpaired) electrons. The van der Waals surface area contributed by atoms with Gasteiger partial charge in [-0.15, -0.1) is 0 Å². The summed E-state index contributed by atoms with van der Waals surface area (Å²) in [5, 5.41) is 10.9. The molecule has 0 aliphatic carbocycles. The van der Waals surface area contributed by atoms with Crippen LogP contribution in [0.5, 0.6) is 23.0 Å². The smallest absolute Gasteiger partial charge is 0.231 e. The quantitative estimate of drug-likeness (QED) is 0.710. The topological polar surface area (TPSA) is 60.4 Å². The van der Waals surface area contributed by atoms with E-state index in [1.165, 1.54) is 0 Å². The van der Waals surface area contributed by atoms with E-state index >= 15 is 0 Å². The summed E-state index contributed by atoms with van der Waals surface area (Å²) in [6.07, 6.45) is -0.195. The van der Waals surface area contributed by atoms with Crippen molar-refractivity contribution in [2.24, 2.45) is 0 Å². The lowest BCUT2D eigenvalue weighted by Crippen LogP contribution is -2.23. The van der Waals surface area contributed by atoms with Crippen LogP contribution in [0.15, 0.2) is 30.3 Å². The second-order valence-electron chi connectivity index (χ2n) is 6.73. The number of hydrogen-bond donors (Lipinski definition) is 1. The highest BCUT2D eigenvalue weighted by Gasteiger charge is 2.21. The van der Waals surface area contributed by atoms with Gasteiger partial charge in [0.05, 0.1) is 20.3 Å². The zero-order chi connectivity index (χ0) is 20.1. The highest BCUT2D eigenvalue weighted by Crippen LogP contribution is 2.38. The second kappa shape index (κ2) is 9.17. The average molecular weight is 387 g/mol. The molecule has 0 aromatic heterocycles. The standard InChI is InChI=1S/C22H29NO5/c1-5-23(6-2)13-17-15(7-10-20(25-3)22(17)26-4)11-18(24)16-8-9-19-21(12-16)28-14-27-19/h7-10,12,18,24H,5-6,11,13-14H2,1-4H3. The van der Waals surface area contributed by atoms with Gasteiger partial charge >= 0.3 is 0 Å². The van der Waals surface area contributed by atoms with Crippen molar-refractivity contribution in [1.29, 1.82) is 0 Å². The van der Waals surface area contributed by atoms with Crippen LogP contribution in [0, 0.1) is 0 Å². The summed E-state index contributed by atoms with van der Waals surface area (Å²) >= 11 is 0. The molecule has 1 heterocycles. The molecule has 2 aromatic carbocycles. The Hall–Kier alpha value is -2.44. The number of methoxy groups -OCH3 is 2. The molecule has 0 saturated heterocycles. The summed E-state index contributed by atoms with van der Waals surface area (Å²) in [6, 6.07) is 9.47. The first kappa shape index (κ1) is 20.3. The summed E-state index contributed by atoms with van der Waals surface area (Å²) in [5.41, 5.74) is 2.88. The van der Waals surface area contributed by atoms with Gasteiger partial charge in [0, 0.05) is 18.5 Å². The fraction of sp³-hybridized carbons (Fsp3) is 0.455. The molecule has 1 unspecified atom stereocenters. The Balaban J connectivity index is 1.91. The first-order valence-electron chi connectivity index (χ1n) is 9.63. The summed E-state index contributed by atoms with van der Waals surface area (Å²) in [6.45, 7) is 7.09. The summed E-state index contributed by atoms with van der Waals surface area (Å²) in [7, 11) is 3.29. The molecule has 1 atom stereocenters. The molecule has 3 rings (SSSR count). The first-order valence-corrected chi connectivity index (χ1v) is 9.63. The summed E-state index contributed by atoms with van der Waals surface area (Å²) in [4.78, 5) is 2.31. The number of aliphatic hydroxyl groups excluding tert-OH is 1. The summed E-state index contributed by atoms with van der Waals surface area (Å²) < 4.78 is 22.0. The zero-order valence-electron chi connectivity index (χ0n) is 17.0. The molecule has 1 aliphatic rings. The number of benzene rings is 2. The lowest BCUT2D eigenvalue weighted by Gasteiger charge is -2.24. The molecule has 6 nitrogen and oxygen atoms in total.